The zero-order valence-corrected chi connectivity index (χ0v) is 12.1. The summed E-state index contributed by atoms with van der Waals surface area (Å²) in [5.74, 6) is -1.54. The molecule has 1 saturated heterocycles. The highest BCUT2D eigenvalue weighted by atomic mass is 35.5. The summed E-state index contributed by atoms with van der Waals surface area (Å²) in [7, 11) is 0. The molecule has 112 valence electrons. The molecule has 2 amide bonds. The number of amides is 2. The third-order valence-corrected chi connectivity index (χ3v) is 3.18. The number of hydrogen-bond acceptors (Lipinski definition) is 4. The highest BCUT2D eigenvalue weighted by Gasteiger charge is 2.18. The molecule has 1 aliphatic heterocycles. The van der Waals surface area contributed by atoms with Crippen LogP contribution in [0.5, 0.6) is 0 Å². The van der Waals surface area contributed by atoms with Crippen LogP contribution in [0.1, 0.15) is 18.4 Å². The van der Waals surface area contributed by atoms with Crippen LogP contribution in [-0.4, -0.2) is 37.3 Å². The molecular weight excluding hydrogens is 294 g/mol. The van der Waals surface area contributed by atoms with Crippen LogP contribution in [-0.2, 0) is 14.3 Å². The lowest BCUT2D eigenvalue weighted by atomic mass is 10.2. The molecule has 0 aromatic heterocycles. The molecule has 0 bridgehead atoms. The molecule has 1 aliphatic rings. The van der Waals surface area contributed by atoms with Gasteiger partial charge in [0.2, 0.25) is 0 Å². The van der Waals surface area contributed by atoms with Crippen molar-refractivity contribution < 1.29 is 14.3 Å². The Morgan fingerprint density at radius 1 is 1.43 bits per heavy atom. The van der Waals surface area contributed by atoms with Crippen molar-refractivity contribution in [1.29, 1.82) is 0 Å². The Kier molecular flexibility index (Phi) is 5.71. The molecule has 0 radical (unpaired) electrons. The van der Waals surface area contributed by atoms with Crippen molar-refractivity contribution in [1.82, 2.24) is 10.7 Å². The molecule has 7 heteroatoms. The maximum absolute atomic E-state index is 11.5. The lowest BCUT2D eigenvalue weighted by Gasteiger charge is -2.09. The standard InChI is InChI=1S/C14H16ClN3O3/c15-11-4-1-3-10(7-11)8-17-18-14(20)13(19)16-9-12-5-2-6-21-12/h1,3-4,7-8,12H,2,5-6,9H2,(H,16,19)(H,18,20)/b17-8-/t12-/m0/s1. The fraction of sp³-hybridized carbons (Fsp3) is 0.357. The van der Waals surface area contributed by atoms with Gasteiger partial charge in [-0.2, -0.15) is 5.10 Å². The van der Waals surface area contributed by atoms with Crippen molar-refractivity contribution in [2.75, 3.05) is 13.2 Å². The van der Waals surface area contributed by atoms with Crippen molar-refractivity contribution in [3.8, 4) is 0 Å². The van der Waals surface area contributed by atoms with Crippen molar-refractivity contribution in [3.05, 3.63) is 34.9 Å². The average molecular weight is 310 g/mol. The Balaban J connectivity index is 1.74. The molecule has 0 saturated carbocycles. The lowest BCUT2D eigenvalue weighted by molar-refractivity contribution is -0.139. The van der Waals surface area contributed by atoms with E-state index in [4.69, 9.17) is 16.3 Å². The van der Waals surface area contributed by atoms with Gasteiger partial charge in [0.05, 0.1) is 12.3 Å². The molecule has 0 spiro atoms. The van der Waals surface area contributed by atoms with E-state index in [2.05, 4.69) is 15.8 Å². The highest BCUT2D eigenvalue weighted by molar-refractivity contribution is 6.35. The van der Waals surface area contributed by atoms with Gasteiger partial charge in [-0.1, -0.05) is 23.7 Å². The van der Waals surface area contributed by atoms with Crippen LogP contribution >= 0.6 is 11.6 Å². The largest absolute Gasteiger partial charge is 0.376 e. The van der Waals surface area contributed by atoms with Gasteiger partial charge in [0, 0.05) is 18.2 Å². The van der Waals surface area contributed by atoms with E-state index in [9.17, 15) is 9.59 Å². The van der Waals surface area contributed by atoms with Crippen LogP contribution in [0.2, 0.25) is 5.02 Å². The summed E-state index contributed by atoms with van der Waals surface area (Å²) in [4.78, 5) is 23.0. The molecule has 0 aliphatic carbocycles. The van der Waals surface area contributed by atoms with Crippen LogP contribution in [0.25, 0.3) is 0 Å². The summed E-state index contributed by atoms with van der Waals surface area (Å²) < 4.78 is 5.34. The summed E-state index contributed by atoms with van der Waals surface area (Å²) in [6, 6.07) is 6.96. The number of ether oxygens (including phenoxy) is 1. The van der Waals surface area contributed by atoms with Crippen LogP contribution in [0.4, 0.5) is 0 Å². The number of benzene rings is 1. The first kappa shape index (κ1) is 15.5. The second kappa shape index (κ2) is 7.75. The van der Waals surface area contributed by atoms with Crippen LogP contribution in [0.15, 0.2) is 29.4 Å². The van der Waals surface area contributed by atoms with Gasteiger partial charge < -0.3 is 10.1 Å². The summed E-state index contributed by atoms with van der Waals surface area (Å²) in [5, 5.41) is 6.79. The van der Waals surface area contributed by atoms with E-state index < -0.39 is 11.8 Å². The topological polar surface area (TPSA) is 79.8 Å². The molecule has 2 rings (SSSR count). The monoisotopic (exact) mass is 309 g/mol. The van der Waals surface area contributed by atoms with Crippen molar-refractivity contribution in [3.63, 3.8) is 0 Å². The highest BCUT2D eigenvalue weighted by Crippen LogP contribution is 2.10. The zero-order chi connectivity index (χ0) is 15.1. The molecule has 1 aromatic carbocycles. The van der Waals surface area contributed by atoms with Gasteiger partial charge in [-0.05, 0) is 30.5 Å². The summed E-state index contributed by atoms with van der Waals surface area (Å²) >= 11 is 5.82. The van der Waals surface area contributed by atoms with Crippen molar-refractivity contribution >= 4 is 29.6 Å². The van der Waals surface area contributed by atoms with E-state index in [1.54, 1.807) is 24.3 Å². The number of carbonyl (C=O) groups is 2. The Morgan fingerprint density at radius 3 is 3.00 bits per heavy atom. The number of hydrazone groups is 1. The number of hydrogen-bond donors (Lipinski definition) is 2. The predicted octanol–water partition coefficient (Wildman–Crippen LogP) is 1.09. The van der Waals surface area contributed by atoms with Gasteiger partial charge in [-0.15, -0.1) is 0 Å². The first-order valence-corrected chi connectivity index (χ1v) is 7.01. The van der Waals surface area contributed by atoms with Crippen LogP contribution in [0.3, 0.4) is 0 Å². The normalized spacial score (nSPS) is 17.9. The minimum absolute atomic E-state index is 0.00304. The van der Waals surface area contributed by atoms with Gasteiger partial charge in [0.25, 0.3) is 0 Å². The Morgan fingerprint density at radius 2 is 2.29 bits per heavy atom. The Labute approximate surface area is 127 Å². The second-order valence-corrected chi connectivity index (χ2v) is 5.04. The first-order valence-electron chi connectivity index (χ1n) is 6.63. The number of nitrogens with zero attached hydrogens (tertiary/aromatic N) is 1. The minimum Gasteiger partial charge on any atom is -0.376 e. The molecule has 6 nitrogen and oxygen atoms in total. The molecule has 1 heterocycles. The quantitative estimate of drug-likeness (QED) is 0.496. The number of nitrogens with one attached hydrogen (secondary N) is 2. The molecule has 1 fully saturated rings. The minimum atomic E-state index is -0.814. The summed E-state index contributed by atoms with van der Waals surface area (Å²) in [6.07, 6.45) is 3.29. The van der Waals surface area contributed by atoms with Crippen molar-refractivity contribution in [2.45, 2.75) is 18.9 Å². The lowest BCUT2D eigenvalue weighted by Crippen LogP contribution is -2.41. The molecule has 2 N–H and O–H groups in total. The first-order chi connectivity index (χ1) is 10.1. The van der Waals surface area contributed by atoms with E-state index >= 15 is 0 Å². The smallest absolute Gasteiger partial charge is 0.329 e. The fourth-order valence-electron chi connectivity index (χ4n) is 1.90. The summed E-state index contributed by atoms with van der Waals surface area (Å²) in [6.45, 7) is 1.04. The summed E-state index contributed by atoms with van der Waals surface area (Å²) in [5.41, 5.74) is 2.88. The van der Waals surface area contributed by atoms with E-state index in [0.29, 0.717) is 18.2 Å². The fourth-order valence-corrected chi connectivity index (χ4v) is 2.09. The van der Waals surface area contributed by atoms with E-state index in [1.807, 2.05) is 0 Å². The SMILES string of the molecule is O=C(NC[C@@H]1CCCO1)C(=O)N/N=C\c1cccc(Cl)c1. The molecule has 0 unspecified atom stereocenters. The third-order valence-electron chi connectivity index (χ3n) is 2.95. The predicted molar refractivity (Wildman–Crippen MR) is 79.2 cm³/mol. The Bertz CT molecular complexity index is 542. The number of halogens is 1. The molecular formula is C14H16ClN3O3. The molecule has 21 heavy (non-hydrogen) atoms. The van der Waals surface area contributed by atoms with Gasteiger partial charge in [0.1, 0.15) is 0 Å². The van der Waals surface area contributed by atoms with E-state index in [1.165, 1.54) is 6.21 Å². The maximum atomic E-state index is 11.5. The number of carbonyl (C=O) groups excluding carboxylic acids is 2. The van der Waals surface area contributed by atoms with Crippen molar-refractivity contribution in [2.24, 2.45) is 5.10 Å². The molecule has 1 aromatic rings. The third kappa shape index (κ3) is 5.17. The zero-order valence-electron chi connectivity index (χ0n) is 11.3. The second-order valence-electron chi connectivity index (χ2n) is 4.60. The number of rotatable bonds is 4. The Hall–Kier alpha value is -1.92. The maximum Gasteiger partial charge on any atom is 0.329 e. The van der Waals surface area contributed by atoms with E-state index in [-0.39, 0.29) is 6.10 Å². The van der Waals surface area contributed by atoms with Gasteiger partial charge in [-0.3, -0.25) is 9.59 Å². The average Bonchev–Trinajstić information content (AvgIpc) is 2.98. The van der Waals surface area contributed by atoms with Gasteiger partial charge in [-0.25, -0.2) is 5.43 Å². The van der Waals surface area contributed by atoms with Gasteiger partial charge in [0.15, 0.2) is 0 Å². The van der Waals surface area contributed by atoms with E-state index in [0.717, 1.165) is 18.4 Å². The van der Waals surface area contributed by atoms with Crippen LogP contribution in [0, 0.1) is 0 Å². The van der Waals surface area contributed by atoms with Gasteiger partial charge >= 0.3 is 11.8 Å². The van der Waals surface area contributed by atoms with Crippen LogP contribution < -0.4 is 10.7 Å². The molecule has 1 atom stereocenters.